The van der Waals surface area contributed by atoms with Crippen molar-refractivity contribution >= 4 is 24.8 Å². The molecule has 2 aliphatic heterocycles. The Morgan fingerprint density at radius 2 is 2.30 bits per heavy atom. The summed E-state index contributed by atoms with van der Waals surface area (Å²) in [5.74, 6) is 0.176. The van der Waals surface area contributed by atoms with E-state index in [1.807, 2.05) is 12.1 Å². The number of carboxylic acid groups (broad SMARTS) is 1. The van der Waals surface area contributed by atoms with E-state index in [9.17, 15) is 14.9 Å². The minimum absolute atomic E-state index is 0.122. The lowest BCUT2D eigenvalue weighted by Gasteiger charge is -2.24. The summed E-state index contributed by atoms with van der Waals surface area (Å²) in [5, 5.41) is 19.9. The smallest absolute Gasteiger partial charge is 0.526 e. The molecule has 4 atom stereocenters. The Labute approximate surface area is 139 Å². The molecule has 1 aliphatic carbocycles. The Bertz CT molecular complexity index is 646. The molecular formula is C16H19BO5S. The molecule has 4 rings (SSSR count). The van der Waals surface area contributed by atoms with Gasteiger partial charge in [0.05, 0.1) is 6.61 Å². The number of carbonyl (C=O) groups is 1. The molecule has 0 spiro atoms. The minimum atomic E-state index is -0.995. The van der Waals surface area contributed by atoms with Crippen LogP contribution in [-0.2, 0) is 4.74 Å². The van der Waals surface area contributed by atoms with Crippen molar-refractivity contribution in [2.45, 2.75) is 41.6 Å². The van der Waals surface area contributed by atoms with E-state index in [1.165, 1.54) is 0 Å². The SMILES string of the molecule is C[C@@H](Sc1ccc2c(c1C(=O)O)OB(O)[C@@H]1C[C@H]21)[C@@H]1CCOC1. The van der Waals surface area contributed by atoms with E-state index in [0.717, 1.165) is 31.6 Å². The van der Waals surface area contributed by atoms with E-state index < -0.39 is 13.1 Å². The molecule has 122 valence electrons. The van der Waals surface area contributed by atoms with Crippen LogP contribution in [0, 0.1) is 5.92 Å². The quantitative estimate of drug-likeness (QED) is 0.651. The van der Waals surface area contributed by atoms with Crippen molar-refractivity contribution in [1.82, 2.24) is 0 Å². The number of hydrogen-bond donors (Lipinski definition) is 2. The van der Waals surface area contributed by atoms with Crippen LogP contribution in [0.15, 0.2) is 17.0 Å². The highest BCUT2D eigenvalue weighted by Gasteiger charge is 2.54. The summed E-state index contributed by atoms with van der Waals surface area (Å²) in [5.41, 5.74) is 1.13. The summed E-state index contributed by atoms with van der Waals surface area (Å²) in [6, 6.07) is 3.87. The molecule has 0 radical (unpaired) electrons. The van der Waals surface area contributed by atoms with Crippen LogP contribution in [0.3, 0.4) is 0 Å². The first-order valence-corrected chi connectivity index (χ1v) is 8.93. The van der Waals surface area contributed by atoms with E-state index in [1.54, 1.807) is 11.8 Å². The average molecular weight is 334 g/mol. The van der Waals surface area contributed by atoms with Gasteiger partial charge in [0.15, 0.2) is 0 Å². The lowest BCUT2D eigenvalue weighted by molar-refractivity contribution is 0.0690. The predicted molar refractivity (Wildman–Crippen MR) is 87.4 cm³/mol. The van der Waals surface area contributed by atoms with Crippen molar-refractivity contribution in [1.29, 1.82) is 0 Å². The highest BCUT2D eigenvalue weighted by Crippen LogP contribution is 2.60. The second kappa shape index (κ2) is 5.72. The molecule has 2 N–H and O–H groups in total. The minimum Gasteiger partial charge on any atom is -0.535 e. The third kappa shape index (κ3) is 2.64. The van der Waals surface area contributed by atoms with Gasteiger partial charge in [-0.25, -0.2) is 4.79 Å². The Hall–Kier alpha value is -1.18. The fraction of sp³-hybridized carbons (Fsp3) is 0.562. The topological polar surface area (TPSA) is 76.0 Å². The molecule has 0 bridgehead atoms. The first kappa shape index (κ1) is 15.4. The Morgan fingerprint density at radius 1 is 1.48 bits per heavy atom. The maximum absolute atomic E-state index is 11.8. The molecule has 7 heteroatoms. The third-order valence-electron chi connectivity index (χ3n) is 5.15. The molecule has 2 fully saturated rings. The summed E-state index contributed by atoms with van der Waals surface area (Å²) in [6.07, 6.45) is 1.88. The number of carboxylic acids is 1. The van der Waals surface area contributed by atoms with Gasteiger partial charge in [-0.15, -0.1) is 11.8 Å². The first-order chi connectivity index (χ1) is 11.1. The van der Waals surface area contributed by atoms with Crippen LogP contribution in [0.25, 0.3) is 0 Å². The number of thioether (sulfide) groups is 1. The standard InChI is InChI=1S/C16H19BO5S/c1-8(9-4-5-21-7-9)23-13-3-2-10-11-6-12(11)17(20)22-15(10)14(13)16(18)19/h2-3,8-9,11-12,20H,4-7H2,1H3,(H,18,19)/t8-,9-,11-,12-/m1/s1. The number of benzene rings is 1. The van der Waals surface area contributed by atoms with Gasteiger partial charge < -0.3 is 19.5 Å². The van der Waals surface area contributed by atoms with Gasteiger partial charge in [0.1, 0.15) is 11.3 Å². The van der Waals surface area contributed by atoms with Crippen molar-refractivity contribution in [3.05, 3.63) is 23.3 Å². The average Bonchev–Trinajstić information content (AvgIpc) is 3.13. The number of fused-ring (bicyclic) bond motifs is 3. The van der Waals surface area contributed by atoms with Crippen LogP contribution in [0.1, 0.15) is 41.6 Å². The molecule has 2 heterocycles. The van der Waals surface area contributed by atoms with E-state index >= 15 is 0 Å². The van der Waals surface area contributed by atoms with Crippen LogP contribution in [0.4, 0.5) is 0 Å². The summed E-state index contributed by atoms with van der Waals surface area (Å²) in [4.78, 5) is 12.5. The fourth-order valence-corrected chi connectivity index (χ4v) is 4.87. The lowest BCUT2D eigenvalue weighted by atomic mass is 9.77. The monoisotopic (exact) mass is 334 g/mol. The van der Waals surface area contributed by atoms with Crippen molar-refractivity contribution in [3.8, 4) is 5.75 Å². The zero-order chi connectivity index (χ0) is 16.1. The molecule has 5 nitrogen and oxygen atoms in total. The zero-order valence-electron chi connectivity index (χ0n) is 12.9. The van der Waals surface area contributed by atoms with Crippen LogP contribution in [-0.4, -0.2) is 41.7 Å². The van der Waals surface area contributed by atoms with Gasteiger partial charge in [0, 0.05) is 22.6 Å². The van der Waals surface area contributed by atoms with Gasteiger partial charge in [-0.05, 0) is 36.3 Å². The maximum atomic E-state index is 11.8. The van der Waals surface area contributed by atoms with Gasteiger partial charge in [-0.3, -0.25) is 0 Å². The van der Waals surface area contributed by atoms with Crippen LogP contribution in [0.5, 0.6) is 5.75 Å². The summed E-state index contributed by atoms with van der Waals surface area (Å²) >= 11 is 1.56. The molecule has 1 aromatic carbocycles. The van der Waals surface area contributed by atoms with Crippen molar-refractivity contribution < 1.29 is 24.3 Å². The maximum Gasteiger partial charge on any atom is 0.526 e. The molecule has 3 aliphatic rings. The highest BCUT2D eigenvalue weighted by atomic mass is 32.2. The molecular weight excluding hydrogens is 315 g/mol. The predicted octanol–water partition coefficient (Wildman–Crippen LogP) is 2.63. The third-order valence-corrected chi connectivity index (χ3v) is 6.50. The van der Waals surface area contributed by atoms with Crippen molar-refractivity contribution in [2.24, 2.45) is 5.92 Å². The largest absolute Gasteiger partial charge is 0.535 e. The van der Waals surface area contributed by atoms with E-state index in [2.05, 4.69) is 6.92 Å². The highest BCUT2D eigenvalue weighted by molar-refractivity contribution is 8.00. The molecule has 1 saturated carbocycles. The van der Waals surface area contributed by atoms with Crippen LogP contribution in [0.2, 0.25) is 5.82 Å². The summed E-state index contributed by atoms with van der Waals surface area (Å²) in [6.45, 7) is 3.63. The van der Waals surface area contributed by atoms with Gasteiger partial charge in [0.2, 0.25) is 0 Å². The molecule has 0 aromatic heterocycles. The van der Waals surface area contributed by atoms with Gasteiger partial charge in [-0.1, -0.05) is 13.0 Å². The second-order valence-electron chi connectivity index (χ2n) is 6.62. The number of rotatable bonds is 4. The number of ether oxygens (including phenoxy) is 1. The first-order valence-electron chi connectivity index (χ1n) is 8.05. The molecule has 23 heavy (non-hydrogen) atoms. The molecule has 1 saturated heterocycles. The van der Waals surface area contributed by atoms with E-state index in [4.69, 9.17) is 9.39 Å². The van der Waals surface area contributed by atoms with Crippen LogP contribution >= 0.6 is 11.8 Å². The molecule has 0 amide bonds. The Kier molecular flexibility index (Phi) is 3.82. The van der Waals surface area contributed by atoms with Crippen molar-refractivity contribution in [3.63, 3.8) is 0 Å². The lowest BCUT2D eigenvalue weighted by Crippen LogP contribution is -2.27. The molecule has 1 aromatic rings. The van der Waals surface area contributed by atoms with Gasteiger partial charge in [0.25, 0.3) is 0 Å². The van der Waals surface area contributed by atoms with Gasteiger partial charge in [-0.2, -0.15) is 0 Å². The van der Waals surface area contributed by atoms with E-state index in [-0.39, 0.29) is 22.5 Å². The number of hydrogen-bond acceptors (Lipinski definition) is 5. The number of aromatic carboxylic acids is 1. The van der Waals surface area contributed by atoms with Gasteiger partial charge >= 0.3 is 13.1 Å². The zero-order valence-corrected chi connectivity index (χ0v) is 13.7. The summed E-state index contributed by atoms with van der Waals surface area (Å²) < 4.78 is 11.0. The Morgan fingerprint density at radius 3 is 3.00 bits per heavy atom. The molecule has 0 unspecified atom stereocenters. The second-order valence-corrected chi connectivity index (χ2v) is 8.04. The Balaban J connectivity index is 1.67. The van der Waals surface area contributed by atoms with Crippen LogP contribution < -0.4 is 4.65 Å². The van der Waals surface area contributed by atoms with Crippen molar-refractivity contribution in [2.75, 3.05) is 13.2 Å². The fourth-order valence-electron chi connectivity index (χ4n) is 3.62. The van der Waals surface area contributed by atoms with E-state index in [0.29, 0.717) is 16.6 Å². The summed E-state index contributed by atoms with van der Waals surface area (Å²) in [7, 11) is -0.883. The normalized spacial score (nSPS) is 29.5.